The van der Waals surface area contributed by atoms with Crippen molar-refractivity contribution in [2.45, 2.75) is 13.8 Å². The highest BCUT2D eigenvalue weighted by Crippen LogP contribution is 2.21. The maximum atomic E-state index is 13.2. The highest BCUT2D eigenvalue weighted by molar-refractivity contribution is 14.1. The molecule has 120 valence electrons. The van der Waals surface area contributed by atoms with Crippen LogP contribution in [0.15, 0.2) is 36.4 Å². The van der Waals surface area contributed by atoms with Crippen molar-refractivity contribution in [3.63, 3.8) is 0 Å². The van der Waals surface area contributed by atoms with Gasteiger partial charge in [0.25, 0.3) is 5.91 Å². The van der Waals surface area contributed by atoms with Crippen molar-refractivity contribution in [2.24, 2.45) is 0 Å². The Balaban J connectivity index is 2.03. The average Bonchev–Trinajstić information content (AvgIpc) is 2.48. The van der Waals surface area contributed by atoms with E-state index in [0.717, 1.165) is 15.2 Å². The van der Waals surface area contributed by atoms with Gasteiger partial charge in [0.1, 0.15) is 11.6 Å². The predicted octanol–water partition coefficient (Wildman–Crippen LogP) is 3.96. The third-order valence-corrected chi connectivity index (χ3v) is 3.81. The first kappa shape index (κ1) is 17.4. The minimum Gasteiger partial charge on any atom is -0.483 e. The summed E-state index contributed by atoms with van der Waals surface area (Å²) in [6, 6.07) is 9.27. The van der Waals surface area contributed by atoms with Gasteiger partial charge in [-0.05, 0) is 78.4 Å². The van der Waals surface area contributed by atoms with E-state index in [1.807, 2.05) is 25.1 Å². The first-order valence-electron chi connectivity index (χ1n) is 6.86. The van der Waals surface area contributed by atoms with Gasteiger partial charge in [-0.15, -0.1) is 0 Å². The number of rotatable bonds is 5. The van der Waals surface area contributed by atoms with Crippen LogP contribution < -0.4 is 10.1 Å². The number of carbonyl (C=O) groups is 2. The van der Waals surface area contributed by atoms with Gasteiger partial charge in [0.05, 0.1) is 5.56 Å². The standard InChI is InChI=1S/C17H15FINO3/c1-10-7-13(19)4-5-15(10)20-17(22)9-23-16-6-3-12(18)8-14(16)11(2)21/h3-8H,9H2,1-2H3,(H,20,22). The van der Waals surface area contributed by atoms with Crippen LogP contribution in [0.4, 0.5) is 10.1 Å². The number of anilines is 1. The topological polar surface area (TPSA) is 55.4 Å². The van der Waals surface area contributed by atoms with Crippen molar-refractivity contribution in [3.8, 4) is 5.75 Å². The molecule has 0 aromatic heterocycles. The highest BCUT2D eigenvalue weighted by Gasteiger charge is 2.12. The molecule has 0 atom stereocenters. The van der Waals surface area contributed by atoms with Crippen LogP contribution in [0.2, 0.25) is 0 Å². The molecule has 0 aliphatic carbocycles. The van der Waals surface area contributed by atoms with Crippen LogP contribution in [-0.4, -0.2) is 18.3 Å². The zero-order valence-corrected chi connectivity index (χ0v) is 14.8. The fourth-order valence-corrected chi connectivity index (χ4v) is 2.65. The van der Waals surface area contributed by atoms with Crippen molar-refractivity contribution >= 4 is 40.0 Å². The summed E-state index contributed by atoms with van der Waals surface area (Å²) in [6.07, 6.45) is 0. The lowest BCUT2D eigenvalue weighted by Crippen LogP contribution is -2.21. The Hall–Kier alpha value is -1.96. The van der Waals surface area contributed by atoms with Crippen LogP contribution in [0.3, 0.4) is 0 Å². The van der Waals surface area contributed by atoms with Crippen molar-refractivity contribution in [1.29, 1.82) is 0 Å². The number of carbonyl (C=O) groups excluding carboxylic acids is 2. The number of ether oxygens (including phenoxy) is 1. The van der Waals surface area contributed by atoms with Gasteiger partial charge < -0.3 is 10.1 Å². The highest BCUT2D eigenvalue weighted by atomic mass is 127. The number of hydrogen-bond acceptors (Lipinski definition) is 3. The van der Waals surface area contributed by atoms with Gasteiger partial charge in [-0.2, -0.15) is 0 Å². The minimum atomic E-state index is -0.526. The number of hydrogen-bond donors (Lipinski definition) is 1. The molecular formula is C17H15FINO3. The van der Waals surface area contributed by atoms with Gasteiger partial charge in [-0.1, -0.05) is 0 Å². The van der Waals surface area contributed by atoms with Crippen molar-refractivity contribution in [3.05, 3.63) is 56.9 Å². The van der Waals surface area contributed by atoms with Crippen LogP contribution in [0.5, 0.6) is 5.75 Å². The number of amides is 1. The molecule has 23 heavy (non-hydrogen) atoms. The lowest BCUT2D eigenvalue weighted by molar-refractivity contribution is -0.118. The van der Waals surface area contributed by atoms with Crippen LogP contribution >= 0.6 is 22.6 Å². The second-order valence-electron chi connectivity index (χ2n) is 4.99. The van der Waals surface area contributed by atoms with E-state index in [-0.39, 0.29) is 29.6 Å². The number of aryl methyl sites for hydroxylation is 1. The smallest absolute Gasteiger partial charge is 0.262 e. The molecule has 0 heterocycles. The average molecular weight is 427 g/mol. The molecule has 1 N–H and O–H groups in total. The second kappa shape index (κ2) is 7.54. The second-order valence-corrected chi connectivity index (χ2v) is 6.24. The van der Waals surface area contributed by atoms with Gasteiger partial charge in [-0.25, -0.2) is 4.39 Å². The summed E-state index contributed by atoms with van der Waals surface area (Å²) in [5, 5.41) is 2.74. The van der Waals surface area contributed by atoms with Crippen molar-refractivity contribution in [1.82, 2.24) is 0 Å². The molecule has 0 radical (unpaired) electrons. The third kappa shape index (κ3) is 4.75. The fourth-order valence-electron chi connectivity index (χ4n) is 2.00. The number of benzene rings is 2. The number of halogens is 2. The molecule has 0 bridgehead atoms. The molecule has 1 amide bonds. The van der Waals surface area contributed by atoms with Crippen LogP contribution in [0.1, 0.15) is 22.8 Å². The molecule has 0 spiro atoms. The van der Waals surface area contributed by atoms with Gasteiger partial charge in [0.2, 0.25) is 0 Å². The summed E-state index contributed by atoms with van der Waals surface area (Å²) in [4.78, 5) is 23.5. The molecule has 2 aromatic carbocycles. The summed E-state index contributed by atoms with van der Waals surface area (Å²) in [7, 11) is 0. The third-order valence-electron chi connectivity index (χ3n) is 3.14. The zero-order chi connectivity index (χ0) is 17.0. The van der Waals surface area contributed by atoms with Crippen LogP contribution in [-0.2, 0) is 4.79 Å². The first-order valence-corrected chi connectivity index (χ1v) is 7.94. The van der Waals surface area contributed by atoms with E-state index in [1.54, 1.807) is 0 Å². The van der Waals surface area contributed by atoms with E-state index in [1.165, 1.54) is 19.1 Å². The summed E-state index contributed by atoms with van der Waals surface area (Å²) in [5.74, 6) is -1.02. The summed E-state index contributed by atoms with van der Waals surface area (Å²) >= 11 is 2.19. The Morgan fingerprint density at radius 2 is 1.96 bits per heavy atom. The van der Waals surface area contributed by atoms with Crippen molar-refractivity contribution < 1.29 is 18.7 Å². The first-order chi connectivity index (χ1) is 10.9. The van der Waals surface area contributed by atoms with E-state index < -0.39 is 5.82 Å². The quantitative estimate of drug-likeness (QED) is 0.581. The molecule has 4 nitrogen and oxygen atoms in total. The molecule has 0 aliphatic rings. The SMILES string of the molecule is CC(=O)c1cc(F)ccc1OCC(=O)Nc1ccc(I)cc1C. The Bertz CT molecular complexity index is 761. The summed E-state index contributed by atoms with van der Waals surface area (Å²) in [5.41, 5.74) is 1.75. The molecule has 0 fully saturated rings. The Kier molecular flexibility index (Phi) is 5.70. The Labute approximate surface area is 147 Å². The van der Waals surface area contributed by atoms with Crippen LogP contribution in [0.25, 0.3) is 0 Å². The maximum absolute atomic E-state index is 13.2. The summed E-state index contributed by atoms with van der Waals surface area (Å²) in [6.45, 7) is 2.94. The van der Waals surface area contributed by atoms with Crippen LogP contribution in [0, 0.1) is 16.3 Å². The van der Waals surface area contributed by atoms with Gasteiger partial charge >= 0.3 is 0 Å². The maximum Gasteiger partial charge on any atom is 0.262 e. The van der Waals surface area contributed by atoms with E-state index in [4.69, 9.17) is 4.74 Å². The predicted molar refractivity (Wildman–Crippen MR) is 94.4 cm³/mol. The molecule has 0 aliphatic heterocycles. The lowest BCUT2D eigenvalue weighted by atomic mass is 10.1. The van der Waals surface area contributed by atoms with E-state index in [9.17, 15) is 14.0 Å². The van der Waals surface area contributed by atoms with Gasteiger partial charge in [0.15, 0.2) is 12.4 Å². The van der Waals surface area contributed by atoms with E-state index >= 15 is 0 Å². The monoisotopic (exact) mass is 427 g/mol. The molecule has 2 aromatic rings. The Morgan fingerprint density at radius 1 is 1.22 bits per heavy atom. The number of Topliss-reactive ketones (excluding diaryl/α,β-unsaturated/α-hetero) is 1. The van der Waals surface area contributed by atoms with Gasteiger partial charge in [0, 0.05) is 9.26 Å². The Morgan fingerprint density at radius 3 is 2.61 bits per heavy atom. The normalized spacial score (nSPS) is 10.3. The zero-order valence-electron chi connectivity index (χ0n) is 12.7. The molecule has 0 saturated heterocycles. The molecule has 2 rings (SSSR count). The van der Waals surface area contributed by atoms with Crippen molar-refractivity contribution in [2.75, 3.05) is 11.9 Å². The number of nitrogens with one attached hydrogen (secondary N) is 1. The fraction of sp³-hybridized carbons (Fsp3) is 0.176. The van der Waals surface area contributed by atoms with E-state index in [0.29, 0.717) is 5.69 Å². The molecular weight excluding hydrogens is 412 g/mol. The van der Waals surface area contributed by atoms with E-state index in [2.05, 4.69) is 27.9 Å². The summed E-state index contributed by atoms with van der Waals surface area (Å²) < 4.78 is 19.6. The largest absolute Gasteiger partial charge is 0.483 e. The minimum absolute atomic E-state index is 0.114. The lowest BCUT2D eigenvalue weighted by Gasteiger charge is -2.11. The number of ketones is 1. The molecule has 0 unspecified atom stereocenters. The molecule has 0 saturated carbocycles. The van der Waals surface area contributed by atoms with Gasteiger partial charge in [-0.3, -0.25) is 9.59 Å². The molecule has 6 heteroatoms.